The van der Waals surface area contributed by atoms with Gasteiger partial charge in [0.1, 0.15) is 0 Å². The standard InChI is InChI=1S/C15H23N3O/c1-17(15(19)8-9-16)12-13-6-2-3-7-14(13)18-10-4-5-11-18/h2-3,6-7H,4-5,8-12,16H2,1H3. The monoisotopic (exact) mass is 261 g/mol. The van der Waals surface area contributed by atoms with E-state index in [1.165, 1.54) is 24.1 Å². The summed E-state index contributed by atoms with van der Waals surface area (Å²) < 4.78 is 0. The molecule has 4 heteroatoms. The molecule has 1 heterocycles. The van der Waals surface area contributed by atoms with Crippen molar-refractivity contribution < 1.29 is 4.79 Å². The minimum Gasteiger partial charge on any atom is -0.371 e. The largest absolute Gasteiger partial charge is 0.371 e. The van der Waals surface area contributed by atoms with E-state index in [1.807, 2.05) is 13.1 Å². The van der Waals surface area contributed by atoms with Crippen LogP contribution in [0.3, 0.4) is 0 Å². The third-order valence-corrected chi connectivity index (χ3v) is 3.63. The predicted molar refractivity (Wildman–Crippen MR) is 78.0 cm³/mol. The number of nitrogens with zero attached hydrogens (tertiary/aromatic N) is 2. The van der Waals surface area contributed by atoms with Gasteiger partial charge in [0.25, 0.3) is 0 Å². The highest BCUT2D eigenvalue weighted by Gasteiger charge is 2.17. The number of amides is 1. The van der Waals surface area contributed by atoms with Crippen LogP contribution in [0.1, 0.15) is 24.8 Å². The lowest BCUT2D eigenvalue weighted by Crippen LogP contribution is -2.29. The van der Waals surface area contributed by atoms with Gasteiger partial charge in [-0.25, -0.2) is 0 Å². The summed E-state index contributed by atoms with van der Waals surface area (Å²) in [7, 11) is 1.85. The highest BCUT2D eigenvalue weighted by Crippen LogP contribution is 2.25. The molecule has 1 amide bonds. The molecule has 0 unspecified atom stereocenters. The summed E-state index contributed by atoms with van der Waals surface area (Å²) in [6.07, 6.45) is 2.94. The normalized spacial score (nSPS) is 14.7. The highest BCUT2D eigenvalue weighted by atomic mass is 16.2. The second-order valence-corrected chi connectivity index (χ2v) is 5.11. The fourth-order valence-electron chi connectivity index (χ4n) is 2.57. The minimum atomic E-state index is 0.110. The van der Waals surface area contributed by atoms with E-state index >= 15 is 0 Å². The van der Waals surface area contributed by atoms with Gasteiger partial charge in [-0.05, 0) is 24.5 Å². The van der Waals surface area contributed by atoms with Crippen LogP contribution in [-0.2, 0) is 11.3 Å². The smallest absolute Gasteiger partial charge is 0.223 e. The predicted octanol–water partition coefficient (Wildman–Crippen LogP) is 1.59. The lowest BCUT2D eigenvalue weighted by atomic mass is 10.1. The molecule has 0 aromatic heterocycles. The molecule has 0 aliphatic carbocycles. The second-order valence-electron chi connectivity index (χ2n) is 5.11. The molecule has 1 saturated heterocycles. The SMILES string of the molecule is CN(Cc1ccccc1N1CCCC1)C(=O)CCN. The number of nitrogens with two attached hydrogens (primary N) is 1. The number of benzene rings is 1. The van der Waals surface area contributed by atoms with Crippen molar-refractivity contribution in [1.29, 1.82) is 0 Å². The number of carbonyl (C=O) groups is 1. The van der Waals surface area contributed by atoms with Crippen molar-refractivity contribution in [3.63, 3.8) is 0 Å². The molecule has 1 fully saturated rings. The Morgan fingerprint density at radius 2 is 2.00 bits per heavy atom. The summed E-state index contributed by atoms with van der Waals surface area (Å²) in [6.45, 7) is 3.32. The van der Waals surface area contributed by atoms with E-state index in [9.17, 15) is 4.79 Å². The molecule has 0 atom stereocenters. The Balaban J connectivity index is 2.09. The first-order valence-corrected chi connectivity index (χ1v) is 6.99. The van der Waals surface area contributed by atoms with E-state index in [0.717, 1.165) is 13.1 Å². The van der Waals surface area contributed by atoms with Gasteiger partial charge in [0.2, 0.25) is 5.91 Å². The van der Waals surface area contributed by atoms with Crippen LogP contribution in [0.25, 0.3) is 0 Å². The van der Waals surface area contributed by atoms with Gasteiger partial charge in [0.15, 0.2) is 0 Å². The Labute approximate surface area is 115 Å². The summed E-state index contributed by atoms with van der Waals surface area (Å²) in [5, 5.41) is 0. The Morgan fingerprint density at radius 3 is 2.68 bits per heavy atom. The molecule has 104 valence electrons. The number of hydrogen-bond donors (Lipinski definition) is 1. The molecular weight excluding hydrogens is 238 g/mol. The lowest BCUT2D eigenvalue weighted by Gasteiger charge is -2.24. The summed E-state index contributed by atoms with van der Waals surface area (Å²) in [4.78, 5) is 16.0. The molecule has 2 N–H and O–H groups in total. The molecular formula is C15H23N3O. The van der Waals surface area contributed by atoms with Crippen molar-refractivity contribution in [2.24, 2.45) is 5.73 Å². The van der Waals surface area contributed by atoms with Gasteiger partial charge in [0, 0.05) is 45.3 Å². The van der Waals surface area contributed by atoms with Crippen molar-refractivity contribution >= 4 is 11.6 Å². The highest BCUT2D eigenvalue weighted by molar-refractivity contribution is 5.76. The fraction of sp³-hybridized carbons (Fsp3) is 0.533. The van der Waals surface area contributed by atoms with E-state index in [1.54, 1.807) is 4.90 Å². The second kappa shape index (κ2) is 6.57. The molecule has 0 saturated carbocycles. The zero-order valence-corrected chi connectivity index (χ0v) is 11.6. The molecule has 0 spiro atoms. The van der Waals surface area contributed by atoms with Gasteiger partial charge >= 0.3 is 0 Å². The van der Waals surface area contributed by atoms with Gasteiger partial charge in [-0.3, -0.25) is 4.79 Å². The average Bonchev–Trinajstić information content (AvgIpc) is 2.93. The molecule has 0 radical (unpaired) electrons. The first-order chi connectivity index (χ1) is 9.22. The number of hydrogen-bond acceptors (Lipinski definition) is 3. The maximum atomic E-state index is 11.8. The Hall–Kier alpha value is -1.55. The minimum absolute atomic E-state index is 0.110. The van der Waals surface area contributed by atoms with Crippen LogP contribution in [0.2, 0.25) is 0 Å². The average molecular weight is 261 g/mol. The van der Waals surface area contributed by atoms with Crippen LogP contribution < -0.4 is 10.6 Å². The van der Waals surface area contributed by atoms with E-state index < -0.39 is 0 Å². The van der Waals surface area contributed by atoms with Gasteiger partial charge in [-0.15, -0.1) is 0 Å². The van der Waals surface area contributed by atoms with Crippen molar-refractivity contribution in [2.75, 3.05) is 31.6 Å². The molecule has 0 bridgehead atoms. The van der Waals surface area contributed by atoms with Gasteiger partial charge in [-0.2, -0.15) is 0 Å². The topological polar surface area (TPSA) is 49.6 Å². The van der Waals surface area contributed by atoms with Crippen LogP contribution in [0.15, 0.2) is 24.3 Å². The van der Waals surface area contributed by atoms with E-state index in [2.05, 4.69) is 23.1 Å². The maximum absolute atomic E-state index is 11.8. The van der Waals surface area contributed by atoms with Crippen molar-refractivity contribution in [3.8, 4) is 0 Å². The van der Waals surface area contributed by atoms with Gasteiger partial charge < -0.3 is 15.5 Å². The summed E-state index contributed by atoms with van der Waals surface area (Å²) in [5.41, 5.74) is 7.92. The van der Waals surface area contributed by atoms with Crippen LogP contribution in [0, 0.1) is 0 Å². The quantitative estimate of drug-likeness (QED) is 0.875. The molecule has 1 aromatic rings. The van der Waals surface area contributed by atoms with E-state index in [0.29, 0.717) is 19.5 Å². The molecule has 1 aromatic carbocycles. The zero-order valence-electron chi connectivity index (χ0n) is 11.6. The molecule has 4 nitrogen and oxygen atoms in total. The first-order valence-electron chi connectivity index (χ1n) is 6.99. The molecule has 19 heavy (non-hydrogen) atoms. The number of para-hydroxylation sites is 1. The van der Waals surface area contributed by atoms with Crippen molar-refractivity contribution in [1.82, 2.24) is 4.90 Å². The maximum Gasteiger partial charge on any atom is 0.223 e. The van der Waals surface area contributed by atoms with Crippen LogP contribution in [0.5, 0.6) is 0 Å². The third-order valence-electron chi connectivity index (χ3n) is 3.63. The lowest BCUT2D eigenvalue weighted by molar-refractivity contribution is -0.130. The van der Waals surface area contributed by atoms with Gasteiger partial charge in [0.05, 0.1) is 0 Å². The van der Waals surface area contributed by atoms with Gasteiger partial charge in [-0.1, -0.05) is 18.2 Å². The Morgan fingerprint density at radius 1 is 1.32 bits per heavy atom. The van der Waals surface area contributed by atoms with E-state index in [-0.39, 0.29) is 5.91 Å². The molecule has 1 aliphatic rings. The van der Waals surface area contributed by atoms with Crippen LogP contribution in [-0.4, -0.2) is 37.5 Å². The fourth-order valence-corrected chi connectivity index (χ4v) is 2.57. The number of carbonyl (C=O) groups excluding carboxylic acids is 1. The Bertz CT molecular complexity index is 427. The zero-order chi connectivity index (χ0) is 13.7. The Kier molecular flexibility index (Phi) is 4.80. The van der Waals surface area contributed by atoms with Crippen molar-refractivity contribution in [3.05, 3.63) is 29.8 Å². The third kappa shape index (κ3) is 3.47. The van der Waals surface area contributed by atoms with Crippen molar-refractivity contribution in [2.45, 2.75) is 25.8 Å². The number of rotatable bonds is 5. The summed E-state index contributed by atoms with van der Waals surface area (Å²) in [5.74, 6) is 0.110. The summed E-state index contributed by atoms with van der Waals surface area (Å²) >= 11 is 0. The van der Waals surface area contributed by atoms with E-state index in [4.69, 9.17) is 5.73 Å². The molecule has 1 aliphatic heterocycles. The summed E-state index contributed by atoms with van der Waals surface area (Å²) in [6, 6.07) is 8.37. The van der Waals surface area contributed by atoms with Crippen LogP contribution in [0.4, 0.5) is 5.69 Å². The number of anilines is 1. The van der Waals surface area contributed by atoms with Crippen LogP contribution >= 0.6 is 0 Å². The first kappa shape index (κ1) is 13.9. The molecule has 2 rings (SSSR count).